The predicted molar refractivity (Wildman–Crippen MR) is 112 cm³/mol. The molecule has 2 aromatic rings. The number of carboxylic acids is 1. The van der Waals surface area contributed by atoms with Crippen LogP contribution in [-0.2, 0) is 27.2 Å². The summed E-state index contributed by atoms with van der Waals surface area (Å²) in [5.41, 5.74) is 1.20. The van der Waals surface area contributed by atoms with Crippen molar-refractivity contribution in [3.05, 3.63) is 71.8 Å². The molecule has 1 unspecified atom stereocenters. The highest BCUT2D eigenvalue weighted by Gasteiger charge is 2.31. The molecule has 0 spiro atoms. The third-order valence-corrected chi connectivity index (χ3v) is 4.86. The maximum absolute atomic E-state index is 13.0. The molecule has 2 atom stereocenters. The Hall–Kier alpha value is -2.95. The van der Waals surface area contributed by atoms with Crippen molar-refractivity contribution in [1.82, 2.24) is 5.32 Å². The van der Waals surface area contributed by atoms with Crippen LogP contribution < -0.4 is 5.32 Å². The smallest absolute Gasteiger partial charge is 0.326 e. The molecule has 0 saturated carbocycles. The lowest BCUT2D eigenvalue weighted by Gasteiger charge is -2.23. The van der Waals surface area contributed by atoms with E-state index in [0.717, 1.165) is 11.1 Å². The van der Waals surface area contributed by atoms with Crippen LogP contribution >= 0.6 is 0 Å². The van der Waals surface area contributed by atoms with Gasteiger partial charge in [0.2, 0.25) is 5.91 Å². The van der Waals surface area contributed by atoms with Crippen LogP contribution in [0.3, 0.4) is 0 Å². The van der Waals surface area contributed by atoms with Gasteiger partial charge < -0.3 is 10.4 Å². The van der Waals surface area contributed by atoms with E-state index in [4.69, 9.17) is 0 Å². The Morgan fingerprint density at radius 2 is 1.34 bits per heavy atom. The van der Waals surface area contributed by atoms with E-state index in [1.54, 1.807) is 0 Å². The van der Waals surface area contributed by atoms with Crippen LogP contribution in [0.2, 0.25) is 0 Å². The lowest BCUT2D eigenvalue weighted by molar-refractivity contribution is -0.142. The summed E-state index contributed by atoms with van der Waals surface area (Å²) in [6, 6.07) is 17.6. The number of hydrogen-bond donors (Lipinski definition) is 2. The molecule has 0 saturated heterocycles. The van der Waals surface area contributed by atoms with Crippen LogP contribution in [0.15, 0.2) is 60.7 Å². The zero-order valence-electron chi connectivity index (χ0n) is 17.2. The summed E-state index contributed by atoms with van der Waals surface area (Å²) in [5, 5.41) is 12.2. The monoisotopic (exact) mass is 395 g/mol. The molecule has 0 fully saturated rings. The Morgan fingerprint density at radius 1 is 0.862 bits per heavy atom. The highest BCUT2D eigenvalue weighted by Crippen LogP contribution is 2.22. The van der Waals surface area contributed by atoms with Crippen LogP contribution in [0.1, 0.15) is 38.3 Å². The number of carboxylic acid groups (broad SMARTS) is 1. The fourth-order valence-electron chi connectivity index (χ4n) is 3.03. The molecule has 2 N–H and O–H groups in total. The summed E-state index contributed by atoms with van der Waals surface area (Å²) in [6.45, 7) is 5.47. The van der Waals surface area contributed by atoms with Crippen LogP contribution in [0.4, 0.5) is 0 Å². The van der Waals surface area contributed by atoms with Gasteiger partial charge in [-0.05, 0) is 17.5 Å². The molecule has 0 aliphatic rings. The highest BCUT2D eigenvalue weighted by molar-refractivity contribution is 5.91. The van der Waals surface area contributed by atoms with Gasteiger partial charge in [-0.25, -0.2) is 4.79 Å². The van der Waals surface area contributed by atoms with Crippen LogP contribution in [0.25, 0.3) is 0 Å². The van der Waals surface area contributed by atoms with E-state index in [1.807, 2.05) is 81.4 Å². The molecular formula is C24H29NO4. The Balaban J connectivity index is 2.17. The average Bonchev–Trinajstić information content (AvgIpc) is 2.67. The number of nitrogens with one attached hydrogen (secondary N) is 1. The molecule has 0 aliphatic heterocycles. The second-order valence-corrected chi connectivity index (χ2v) is 8.35. The summed E-state index contributed by atoms with van der Waals surface area (Å²) in [7, 11) is 0. The van der Waals surface area contributed by atoms with Crippen molar-refractivity contribution < 1.29 is 19.5 Å². The van der Waals surface area contributed by atoms with E-state index in [9.17, 15) is 19.5 Å². The Bertz CT molecular complexity index is 825. The molecule has 5 nitrogen and oxygen atoms in total. The largest absolute Gasteiger partial charge is 0.480 e. The van der Waals surface area contributed by atoms with E-state index in [2.05, 4.69) is 5.32 Å². The van der Waals surface area contributed by atoms with E-state index in [0.29, 0.717) is 6.42 Å². The van der Waals surface area contributed by atoms with Gasteiger partial charge in [-0.2, -0.15) is 0 Å². The molecule has 0 aromatic heterocycles. The lowest BCUT2D eigenvalue weighted by Crippen LogP contribution is -2.46. The quantitative estimate of drug-likeness (QED) is 0.679. The normalized spacial score (nSPS) is 13.3. The summed E-state index contributed by atoms with van der Waals surface area (Å²) >= 11 is 0. The molecule has 154 valence electrons. The molecule has 29 heavy (non-hydrogen) atoms. The summed E-state index contributed by atoms with van der Waals surface area (Å²) in [5.74, 6) is -2.15. The summed E-state index contributed by atoms with van der Waals surface area (Å²) in [4.78, 5) is 37.3. The summed E-state index contributed by atoms with van der Waals surface area (Å²) < 4.78 is 0. The van der Waals surface area contributed by atoms with Crippen LogP contribution in [-0.4, -0.2) is 28.8 Å². The molecule has 5 heteroatoms. The van der Waals surface area contributed by atoms with E-state index in [1.165, 1.54) is 0 Å². The SMILES string of the molecule is CC(C)(C)C(=O)CC(Cc1ccccc1)C(=O)N[C@@H](Cc1ccccc1)C(=O)O. The van der Waals surface area contributed by atoms with E-state index >= 15 is 0 Å². The number of Topliss-reactive ketones (excluding diaryl/α,β-unsaturated/α-hetero) is 1. The van der Waals surface area contributed by atoms with Crippen molar-refractivity contribution in [2.75, 3.05) is 0 Å². The van der Waals surface area contributed by atoms with Gasteiger partial charge in [0.15, 0.2) is 0 Å². The van der Waals surface area contributed by atoms with Gasteiger partial charge in [0.25, 0.3) is 0 Å². The van der Waals surface area contributed by atoms with Crippen molar-refractivity contribution in [3.63, 3.8) is 0 Å². The molecule has 2 rings (SSSR count). The fourth-order valence-corrected chi connectivity index (χ4v) is 3.03. The molecule has 0 heterocycles. The van der Waals surface area contributed by atoms with Gasteiger partial charge in [0.05, 0.1) is 0 Å². The maximum Gasteiger partial charge on any atom is 0.326 e. The van der Waals surface area contributed by atoms with E-state index in [-0.39, 0.29) is 18.6 Å². The number of benzene rings is 2. The minimum absolute atomic E-state index is 0.0245. The zero-order valence-corrected chi connectivity index (χ0v) is 17.2. The third-order valence-electron chi connectivity index (χ3n) is 4.86. The first-order valence-corrected chi connectivity index (χ1v) is 9.81. The van der Waals surface area contributed by atoms with Crippen LogP contribution in [0.5, 0.6) is 0 Å². The van der Waals surface area contributed by atoms with Crippen molar-refractivity contribution in [2.45, 2.75) is 46.1 Å². The molecule has 0 aliphatic carbocycles. The van der Waals surface area contributed by atoms with Crippen molar-refractivity contribution in [1.29, 1.82) is 0 Å². The first kappa shape index (κ1) is 22.3. The number of carbonyl (C=O) groups excluding carboxylic acids is 2. The van der Waals surface area contributed by atoms with Crippen LogP contribution in [0, 0.1) is 11.3 Å². The standard InChI is InChI=1S/C24H29NO4/c1-24(2,3)21(26)16-19(14-17-10-6-4-7-11-17)22(27)25-20(23(28)29)15-18-12-8-5-9-13-18/h4-13,19-20H,14-16H2,1-3H3,(H,25,27)(H,28,29)/t19?,20-/m0/s1. The average molecular weight is 395 g/mol. The molecule has 2 aromatic carbocycles. The Morgan fingerprint density at radius 3 is 1.79 bits per heavy atom. The number of carbonyl (C=O) groups is 3. The number of aliphatic carboxylic acids is 1. The minimum Gasteiger partial charge on any atom is -0.480 e. The first-order valence-electron chi connectivity index (χ1n) is 9.81. The van der Waals surface area contributed by atoms with Gasteiger partial charge in [-0.3, -0.25) is 9.59 Å². The zero-order chi connectivity index (χ0) is 21.4. The molecule has 1 amide bonds. The molecule has 0 radical (unpaired) electrons. The molecular weight excluding hydrogens is 366 g/mol. The molecule has 0 bridgehead atoms. The van der Waals surface area contributed by atoms with Crippen molar-refractivity contribution in [2.24, 2.45) is 11.3 Å². The number of rotatable bonds is 9. The number of hydrogen-bond acceptors (Lipinski definition) is 3. The fraction of sp³-hybridized carbons (Fsp3) is 0.375. The lowest BCUT2D eigenvalue weighted by atomic mass is 9.83. The third kappa shape index (κ3) is 7.18. The predicted octanol–water partition coefficient (Wildman–Crippen LogP) is 3.66. The second kappa shape index (κ2) is 10.0. The van der Waals surface area contributed by atoms with Gasteiger partial charge >= 0.3 is 5.97 Å². The Kier molecular flexibility index (Phi) is 7.71. The number of ketones is 1. The first-order chi connectivity index (χ1) is 13.7. The van der Waals surface area contributed by atoms with Crippen molar-refractivity contribution in [3.8, 4) is 0 Å². The van der Waals surface area contributed by atoms with Gasteiger partial charge in [-0.1, -0.05) is 81.4 Å². The Labute approximate surface area is 172 Å². The maximum atomic E-state index is 13.0. The topological polar surface area (TPSA) is 83.5 Å². The number of amides is 1. The van der Waals surface area contributed by atoms with E-state index < -0.39 is 29.3 Å². The van der Waals surface area contributed by atoms with Gasteiger partial charge in [0, 0.05) is 24.2 Å². The van der Waals surface area contributed by atoms with Gasteiger partial charge in [0.1, 0.15) is 11.8 Å². The van der Waals surface area contributed by atoms with Crippen molar-refractivity contribution >= 4 is 17.7 Å². The minimum atomic E-state index is -1.09. The van der Waals surface area contributed by atoms with Gasteiger partial charge in [-0.15, -0.1) is 0 Å². The summed E-state index contributed by atoms with van der Waals surface area (Å²) in [6.07, 6.45) is 0.640. The second-order valence-electron chi connectivity index (χ2n) is 8.35. The highest BCUT2D eigenvalue weighted by atomic mass is 16.4.